The van der Waals surface area contributed by atoms with Crippen LogP contribution in [0.3, 0.4) is 0 Å². The van der Waals surface area contributed by atoms with Crippen molar-refractivity contribution >= 4 is 11.3 Å². The summed E-state index contributed by atoms with van der Waals surface area (Å²) >= 11 is 0. The van der Waals surface area contributed by atoms with E-state index in [0.29, 0.717) is 5.82 Å². The summed E-state index contributed by atoms with van der Waals surface area (Å²) in [7, 11) is 0. The number of hydrogen-bond acceptors (Lipinski definition) is 5. The van der Waals surface area contributed by atoms with Crippen LogP contribution in [0.25, 0.3) is 5.52 Å². The lowest BCUT2D eigenvalue weighted by Crippen LogP contribution is -2.12. The number of aliphatic hydroxyl groups excluding tert-OH is 1. The van der Waals surface area contributed by atoms with Crippen LogP contribution in [-0.2, 0) is 4.74 Å². The summed E-state index contributed by atoms with van der Waals surface area (Å²) in [6, 6.07) is 3.84. The van der Waals surface area contributed by atoms with Gasteiger partial charge in [0.25, 0.3) is 0 Å². The van der Waals surface area contributed by atoms with Gasteiger partial charge in [0, 0.05) is 0 Å². The number of rotatable bonds is 2. The van der Waals surface area contributed by atoms with Crippen LogP contribution >= 0.6 is 0 Å². The maximum Gasteiger partial charge on any atom is 0.151 e. The third-order valence-electron chi connectivity index (χ3n) is 3.15. The second-order valence-electron chi connectivity index (χ2n) is 4.21. The van der Waals surface area contributed by atoms with Crippen LogP contribution in [0.15, 0.2) is 18.5 Å². The molecule has 0 spiro atoms. The minimum Gasteiger partial charge on any atom is -0.394 e. The molecular formula is C11H14N4O2. The number of ether oxygens (including phenoxy) is 1. The van der Waals surface area contributed by atoms with E-state index in [2.05, 4.69) is 10.1 Å². The van der Waals surface area contributed by atoms with Crippen molar-refractivity contribution in [3.05, 3.63) is 24.2 Å². The number of aromatic nitrogens is 3. The summed E-state index contributed by atoms with van der Waals surface area (Å²) in [6.45, 7) is 0.0664. The fraction of sp³-hybridized carbons (Fsp3) is 0.455. The zero-order chi connectivity index (χ0) is 11.8. The Balaban J connectivity index is 1.99. The van der Waals surface area contributed by atoms with Gasteiger partial charge in [0.15, 0.2) is 5.82 Å². The fourth-order valence-electron chi connectivity index (χ4n) is 2.27. The van der Waals surface area contributed by atoms with Crippen molar-refractivity contribution in [1.82, 2.24) is 14.6 Å². The summed E-state index contributed by atoms with van der Waals surface area (Å²) in [5.41, 5.74) is 7.52. The molecule has 0 radical (unpaired) electrons. The lowest BCUT2D eigenvalue weighted by molar-refractivity contribution is 0.00856. The van der Waals surface area contributed by atoms with Gasteiger partial charge in [-0.05, 0) is 25.0 Å². The molecule has 0 unspecified atom stereocenters. The first kappa shape index (κ1) is 10.5. The van der Waals surface area contributed by atoms with Crippen molar-refractivity contribution < 1.29 is 9.84 Å². The van der Waals surface area contributed by atoms with E-state index >= 15 is 0 Å². The molecule has 0 saturated carbocycles. The van der Waals surface area contributed by atoms with Gasteiger partial charge in [-0.1, -0.05) is 0 Å². The first-order valence-electron chi connectivity index (χ1n) is 5.64. The van der Waals surface area contributed by atoms with Crippen LogP contribution in [0, 0.1) is 0 Å². The maximum absolute atomic E-state index is 9.06. The van der Waals surface area contributed by atoms with Crippen molar-refractivity contribution in [3.8, 4) is 0 Å². The van der Waals surface area contributed by atoms with Crippen molar-refractivity contribution in [2.75, 3.05) is 12.3 Å². The van der Waals surface area contributed by atoms with E-state index in [4.69, 9.17) is 15.6 Å². The van der Waals surface area contributed by atoms with Gasteiger partial charge >= 0.3 is 0 Å². The van der Waals surface area contributed by atoms with Crippen molar-refractivity contribution in [3.63, 3.8) is 0 Å². The van der Waals surface area contributed by atoms with E-state index in [9.17, 15) is 0 Å². The summed E-state index contributed by atoms with van der Waals surface area (Å²) in [6.07, 6.45) is 3.11. The minimum absolute atomic E-state index is 0.0241. The highest BCUT2D eigenvalue weighted by Gasteiger charge is 2.28. The Bertz CT molecular complexity index is 539. The monoisotopic (exact) mass is 234 g/mol. The molecule has 1 fully saturated rings. The largest absolute Gasteiger partial charge is 0.394 e. The zero-order valence-corrected chi connectivity index (χ0v) is 9.28. The molecule has 17 heavy (non-hydrogen) atoms. The van der Waals surface area contributed by atoms with Crippen LogP contribution in [-0.4, -0.2) is 32.4 Å². The third kappa shape index (κ3) is 1.65. The smallest absolute Gasteiger partial charge is 0.151 e. The molecule has 6 heteroatoms. The van der Waals surface area contributed by atoms with Crippen LogP contribution < -0.4 is 5.73 Å². The highest BCUT2D eigenvalue weighted by Crippen LogP contribution is 2.33. The van der Waals surface area contributed by atoms with Gasteiger partial charge in [0.05, 0.1) is 18.4 Å². The molecule has 3 heterocycles. The van der Waals surface area contributed by atoms with Crippen molar-refractivity contribution in [2.24, 2.45) is 0 Å². The lowest BCUT2D eigenvalue weighted by Gasteiger charge is -2.11. The highest BCUT2D eigenvalue weighted by atomic mass is 16.5. The van der Waals surface area contributed by atoms with E-state index in [1.807, 2.05) is 12.1 Å². The third-order valence-corrected chi connectivity index (χ3v) is 3.15. The number of nitrogen functional groups attached to an aromatic ring is 1. The Morgan fingerprint density at radius 1 is 1.47 bits per heavy atom. The number of anilines is 1. The second kappa shape index (κ2) is 3.97. The standard InChI is InChI=1S/C11H14N4O2/c12-11-9-3-2-8(15(9)14-6-13-11)10-4-1-7(5-16)17-10/h2-3,6-7,10,16H,1,4-5H2,(H2,12,13,14)/t7-,10+/m0/s1. The summed E-state index contributed by atoms with van der Waals surface area (Å²) in [5.74, 6) is 0.461. The average Bonchev–Trinajstić information content (AvgIpc) is 2.94. The molecule has 2 atom stereocenters. The molecule has 3 rings (SSSR count). The van der Waals surface area contributed by atoms with Gasteiger partial charge in [-0.15, -0.1) is 0 Å². The van der Waals surface area contributed by atoms with Gasteiger partial charge < -0.3 is 15.6 Å². The molecule has 0 bridgehead atoms. The van der Waals surface area contributed by atoms with E-state index in [-0.39, 0.29) is 18.8 Å². The van der Waals surface area contributed by atoms with Crippen molar-refractivity contribution in [2.45, 2.75) is 25.0 Å². The first-order chi connectivity index (χ1) is 8.29. The fourth-order valence-corrected chi connectivity index (χ4v) is 2.27. The number of aliphatic hydroxyl groups is 1. The van der Waals surface area contributed by atoms with Crippen LogP contribution in [0.4, 0.5) is 5.82 Å². The Hall–Kier alpha value is -1.66. The highest BCUT2D eigenvalue weighted by molar-refractivity contribution is 5.65. The quantitative estimate of drug-likeness (QED) is 0.791. The van der Waals surface area contributed by atoms with E-state index in [1.54, 1.807) is 4.52 Å². The topological polar surface area (TPSA) is 85.7 Å². The molecular weight excluding hydrogens is 220 g/mol. The van der Waals surface area contributed by atoms with E-state index < -0.39 is 0 Å². The second-order valence-corrected chi connectivity index (χ2v) is 4.21. The Morgan fingerprint density at radius 3 is 3.12 bits per heavy atom. The zero-order valence-electron chi connectivity index (χ0n) is 9.28. The van der Waals surface area contributed by atoms with E-state index in [1.165, 1.54) is 6.33 Å². The summed E-state index contributed by atoms with van der Waals surface area (Å²) in [5, 5.41) is 13.2. The van der Waals surface area contributed by atoms with Crippen LogP contribution in [0.1, 0.15) is 24.6 Å². The van der Waals surface area contributed by atoms with Crippen molar-refractivity contribution in [1.29, 1.82) is 0 Å². The Morgan fingerprint density at radius 2 is 2.35 bits per heavy atom. The number of nitrogens with zero attached hydrogens (tertiary/aromatic N) is 3. The molecule has 3 N–H and O–H groups in total. The molecule has 2 aromatic heterocycles. The van der Waals surface area contributed by atoms with Crippen LogP contribution in [0.2, 0.25) is 0 Å². The predicted octanol–water partition coefficient (Wildman–Crippen LogP) is 0.524. The Kier molecular flexibility index (Phi) is 2.45. The molecule has 1 aliphatic rings. The Labute approximate surface area is 98.0 Å². The minimum atomic E-state index is -0.0651. The van der Waals surface area contributed by atoms with E-state index in [0.717, 1.165) is 24.1 Å². The normalized spacial score (nSPS) is 24.5. The SMILES string of the molecule is Nc1ncnn2c([C@H]3CC[C@@H](CO)O3)ccc12. The van der Waals surface area contributed by atoms with Gasteiger partial charge in [-0.2, -0.15) is 5.10 Å². The average molecular weight is 234 g/mol. The molecule has 2 aromatic rings. The summed E-state index contributed by atoms with van der Waals surface area (Å²) in [4.78, 5) is 3.94. The van der Waals surface area contributed by atoms with Gasteiger partial charge in [0.1, 0.15) is 17.9 Å². The van der Waals surface area contributed by atoms with Gasteiger partial charge in [-0.3, -0.25) is 0 Å². The number of fused-ring (bicyclic) bond motifs is 1. The molecule has 6 nitrogen and oxygen atoms in total. The van der Waals surface area contributed by atoms with Gasteiger partial charge in [0.2, 0.25) is 0 Å². The van der Waals surface area contributed by atoms with Gasteiger partial charge in [-0.25, -0.2) is 9.50 Å². The molecule has 0 amide bonds. The molecule has 0 aromatic carbocycles. The number of nitrogens with two attached hydrogens (primary N) is 1. The van der Waals surface area contributed by atoms with Crippen LogP contribution in [0.5, 0.6) is 0 Å². The predicted molar refractivity (Wildman–Crippen MR) is 61.3 cm³/mol. The molecule has 1 saturated heterocycles. The molecule has 1 aliphatic heterocycles. The summed E-state index contributed by atoms with van der Waals surface area (Å²) < 4.78 is 7.49. The number of hydrogen-bond donors (Lipinski definition) is 2. The molecule has 90 valence electrons. The lowest BCUT2D eigenvalue weighted by atomic mass is 10.1. The first-order valence-corrected chi connectivity index (χ1v) is 5.64. The molecule has 0 aliphatic carbocycles. The maximum atomic E-state index is 9.06.